The summed E-state index contributed by atoms with van der Waals surface area (Å²) in [7, 11) is 0. The molecule has 0 N–H and O–H groups in total. The third kappa shape index (κ3) is 2.55. The smallest absolute Gasteiger partial charge is 0.387 e. The van der Waals surface area contributed by atoms with Crippen LogP contribution in [0.25, 0.3) is 0 Å². The highest BCUT2D eigenvalue weighted by molar-refractivity contribution is 6.36. The van der Waals surface area contributed by atoms with Crippen LogP contribution in [0.3, 0.4) is 0 Å². The predicted molar refractivity (Wildman–Crippen MR) is 53.5 cm³/mol. The van der Waals surface area contributed by atoms with Crippen molar-refractivity contribution in [3.63, 3.8) is 0 Å². The van der Waals surface area contributed by atoms with Gasteiger partial charge in [0.15, 0.2) is 12.1 Å². The van der Waals surface area contributed by atoms with Crippen LogP contribution in [0, 0.1) is 0 Å². The fourth-order valence-electron chi connectivity index (χ4n) is 1.16. The number of carbonyl (C=O) groups excluding carboxylic acids is 2. The maximum absolute atomic E-state index is 12.0. The van der Waals surface area contributed by atoms with E-state index in [0.717, 1.165) is 6.07 Å². The number of benzene rings is 1. The number of alkyl halides is 2. The molecule has 0 spiro atoms. The number of halogens is 3. The summed E-state index contributed by atoms with van der Waals surface area (Å²) in [5, 5.41) is -0.180. The Hall–Kier alpha value is -1.49. The number of carbonyl (C=O) groups is 2. The van der Waals surface area contributed by atoms with Crippen LogP contribution in [-0.2, 0) is 0 Å². The van der Waals surface area contributed by atoms with Crippen molar-refractivity contribution in [2.45, 2.75) is 13.5 Å². The molecule has 86 valence electrons. The summed E-state index contributed by atoms with van der Waals surface area (Å²) in [6.07, 6.45) is 0.270. The highest BCUT2D eigenvalue weighted by Crippen LogP contribution is 2.29. The van der Waals surface area contributed by atoms with E-state index >= 15 is 0 Å². The summed E-state index contributed by atoms with van der Waals surface area (Å²) in [4.78, 5) is 21.8. The molecule has 0 aliphatic heterocycles. The van der Waals surface area contributed by atoms with Crippen LogP contribution in [-0.4, -0.2) is 18.7 Å². The van der Waals surface area contributed by atoms with Crippen LogP contribution in [0.1, 0.15) is 27.6 Å². The zero-order valence-corrected chi connectivity index (χ0v) is 8.92. The van der Waals surface area contributed by atoms with Gasteiger partial charge in [-0.15, -0.1) is 0 Å². The van der Waals surface area contributed by atoms with Crippen molar-refractivity contribution in [2.24, 2.45) is 0 Å². The molecule has 1 aromatic rings. The van der Waals surface area contributed by atoms with E-state index in [4.69, 9.17) is 11.6 Å². The molecule has 0 radical (unpaired) electrons. The van der Waals surface area contributed by atoms with Gasteiger partial charge in [-0.25, -0.2) is 0 Å². The summed E-state index contributed by atoms with van der Waals surface area (Å²) < 4.78 is 28.1. The Morgan fingerprint density at radius 1 is 1.50 bits per heavy atom. The van der Waals surface area contributed by atoms with Gasteiger partial charge in [0.1, 0.15) is 5.75 Å². The molecule has 0 heterocycles. The first-order chi connectivity index (χ1) is 7.47. The molecule has 1 rings (SSSR count). The topological polar surface area (TPSA) is 43.4 Å². The van der Waals surface area contributed by atoms with Gasteiger partial charge in [-0.1, -0.05) is 11.6 Å². The molecule has 0 aromatic heterocycles. The van der Waals surface area contributed by atoms with Crippen LogP contribution in [0.15, 0.2) is 12.1 Å². The minimum absolute atomic E-state index is 0.0883. The van der Waals surface area contributed by atoms with E-state index in [1.54, 1.807) is 0 Å². The van der Waals surface area contributed by atoms with Gasteiger partial charge in [0.2, 0.25) is 0 Å². The molecule has 0 unspecified atom stereocenters. The Balaban J connectivity index is 3.29. The summed E-state index contributed by atoms with van der Waals surface area (Å²) in [5.41, 5.74) is -0.167. The molecule has 0 saturated carbocycles. The Morgan fingerprint density at radius 3 is 2.56 bits per heavy atom. The normalized spacial score (nSPS) is 10.3. The molecule has 0 atom stereocenters. The van der Waals surface area contributed by atoms with E-state index < -0.39 is 6.61 Å². The average molecular weight is 249 g/mol. The molecule has 0 aliphatic carbocycles. The van der Waals surface area contributed by atoms with Gasteiger partial charge in [0, 0.05) is 5.56 Å². The first-order valence-corrected chi connectivity index (χ1v) is 4.58. The number of rotatable bonds is 4. The highest BCUT2D eigenvalue weighted by atomic mass is 35.5. The second kappa shape index (κ2) is 5.03. The van der Waals surface area contributed by atoms with Gasteiger partial charge < -0.3 is 4.74 Å². The summed E-state index contributed by atoms with van der Waals surface area (Å²) in [6, 6.07) is 2.34. The van der Waals surface area contributed by atoms with Crippen molar-refractivity contribution in [2.75, 3.05) is 0 Å². The van der Waals surface area contributed by atoms with Gasteiger partial charge in [-0.3, -0.25) is 9.59 Å². The molecule has 0 fully saturated rings. The molecule has 0 saturated heterocycles. The lowest BCUT2D eigenvalue weighted by atomic mass is 10.1. The monoisotopic (exact) mass is 248 g/mol. The lowest BCUT2D eigenvalue weighted by molar-refractivity contribution is -0.0500. The number of hydrogen-bond acceptors (Lipinski definition) is 3. The quantitative estimate of drug-likeness (QED) is 0.608. The standard InChI is InChI=1S/C10H7ClF2O3/c1-5(15)6-2-3-8(16-10(12)13)7(4-14)9(6)11/h2-4,10H,1H3. The van der Waals surface area contributed by atoms with E-state index in [2.05, 4.69) is 4.74 Å². The molecule has 1 aromatic carbocycles. The summed E-state index contributed by atoms with van der Waals surface area (Å²) >= 11 is 5.72. The van der Waals surface area contributed by atoms with E-state index in [9.17, 15) is 18.4 Å². The van der Waals surface area contributed by atoms with E-state index in [-0.39, 0.29) is 34.0 Å². The van der Waals surface area contributed by atoms with Gasteiger partial charge in [-0.05, 0) is 19.1 Å². The van der Waals surface area contributed by atoms with Gasteiger partial charge in [-0.2, -0.15) is 8.78 Å². The van der Waals surface area contributed by atoms with Gasteiger partial charge >= 0.3 is 6.61 Å². The lowest BCUT2D eigenvalue weighted by Crippen LogP contribution is -2.06. The lowest BCUT2D eigenvalue weighted by Gasteiger charge is -2.10. The summed E-state index contributed by atoms with van der Waals surface area (Å²) in [5.74, 6) is -0.711. The summed E-state index contributed by atoms with van der Waals surface area (Å²) in [6.45, 7) is -1.80. The second-order valence-electron chi connectivity index (χ2n) is 2.89. The fraction of sp³-hybridized carbons (Fsp3) is 0.200. The van der Waals surface area contributed by atoms with E-state index in [1.165, 1.54) is 13.0 Å². The Morgan fingerprint density at radius 2 is 2.12 bits per heavy atom. The fourth-order valence-corrected chi connectivity index (χ4v) is 1.49. The molecule has 0 aliphatic rings. The zero-order valence-electron chi connectivity index (χ0n) is 8.17. The SMILES string of the molecule is CC(=O)c1ccc(OC(F)F)c(C=O)c1Cl. The van der Waals surface area contributed by atoms with E-state index in [0.29, 0.717) is 0 Å². The molecule has 6 heteroatoms. The number of hydrogen-bond donors (Lipinski definition) is 0. The van der Waals surface area contributed by atoms with Crippen molar-refractivity contribution in [3.05, 3.63) is 28.3 Å². The van der Waals surface area contributed by atoms with Gasteiger partial charge in [0.25, 0.3) is 0 Å². The number of aldehydes is 1. The van der Waals surface area contributed by atoms with Crippen LogP contribution < -0.4 is 4.74 Å². The van der Waals surface area contributed by atoms with Gasteiger partial charge in [0.05, 0.1) is 10.6 Å². The van der Waals surface area contributed by atoms with Crippen LogP contribution in [0.2, 0.25) is 5.02 Å². The maximum atomic E-state index is 12.0. The van der Waals surface area contributed by atoms with Crippen molar-refractivity contribution in [1.29, 1.82) is 0 Å². The first kappa shape index (κ1) is 12.6. The Kier molecular flexibility index (Phi) is 3.95. The van der Waals surface area contributed by atoms with E-state index in [1.807, 2.05) is 0 Å². The number of ketones is 1. The predicted octanol–water partition coefficient (Wildman–Crippen LogP) is 2.96. The highest BCUT2D eigenvalue weighted by Gasteiger charge is 2.17. The maximum Gasteiger partial charge on any atom is 0.387 e. The van der Waals surface area contributed by atoms with Crippen LogP contribution in [0.4, 0.5) is 8.78 Å². The minimum atomic E-state index is -3.06. The molecule has 0 bridgehead atoms. The zero-order chi connectivity index (χ0) is 12.3. The Bertz CT molecular complexity index is 432. The number of Topliss-reactive ketones (excluding diaryl/α,β-unsaturated/α-hetero) is 1. The minimum Gasteiger partial charge on any atom is -0.434 e. The molecule has 3 nitrogen and oxygen atoms in total. The first-order valence-electron chi connectivity index (χ1n) is 4.20. The van der Waals surface area contributed by atoms with Crippen LogP contribution >= 0.6 is 11.6 Å². The molecule has 0 amide bonds. The second-order valence-corrected chi connectivity index (χ2v) is 3.27. The third-order valence-electron chi connectivity index (χ3n) is 1.85. The largest absolute Gasteiger partial charge is 0.434 e. The molecule has 16 heavy (non-hydrogen) atoms. The number of ether oxygens (including phenoxy) is 1. The van der Waals surface area contributed by atoms with Crippen molar-refractivity contribution >= 4 is 23.7 Å². The van der Waals surface area contributed by atoms with Crippen molar-refractivity contribution in [3.8, 4) is 5.75 Å². The van der Waals surface area contributed by atoms with Crippen molar-refractivity contribution < 1.29 is 23.1 Å². The third-order valence-corrected chi connectivity index (χ3v) is 2.26. The average Bonchev–Trinajstić information content (AvgIpc) is 2.16. The Labute approximate surface area is 95.0 Å². The van der Waals surface area contributed by atoms with Crippen molar-refractivity contribution in [1.82, 2.24) is 0 Å². The molecular weight excluding hydrogens is 242 g/mol. The molecular formula is C10H7ClF2O3. The van der Waals surface area contributed by atoms with Crippen LogP contribution in [0.5, 0.6) is 5.75 Å².